The van der Waals surface area contributed by atoms with Gasteiger partial charge in [-0.25, -0.2) is 8.42 Å². The average Bonchev–Trinajstić information content (AvgIpc) is 3.33. The molecular formula is C23H25ClF3N3O4S. The predicted octanol–water partition coefficient (Wildman–Crippen LogP) is 4.85. The summed E-state index contributed by atoms with van der Waals surface area (Å²) in [5.41, 5.74) is -0.369. The van der Waals surface area contributed by atoms with Crippen molar-refractivity contribution in [3.05, 3.63) is 63.8 Å². The van der Waals surface area contributed by atoms with Crippen LogP contribution in [-0.4, -0.2) is 54.5 Å². The van der Waals surface area contributed by atoms with Crippen molar-refractivity contribution in [1.29, 1.82) is 0 Å². The molecule has 1 aromatic carbocycles. The number of sulfone groups is 1. The normalized spacial score (nSPS) is 12.2. The quantitative estimate of drug-likeness (QED) is 0.415. The van der Waals surface area contributed by atoms with Crippen LogP contribution < -0.4 is 0 Å². The van der Waals surface area contributed by atoms with Gasteiger partial charge in [-0.15, -0.1) is 0 Å². The molecule has 0 aliphatic rings. The van der Waals surface area contributed by atoms with Crippen molar-refractivity contribution in [1.82, 2.24) is 14.6 Å². The standard InChI is InChI=1S/C23H25ClF3N3O4S/c1-5-17-12-18(34-28-17)13-30-20(22(31)29(3)10-11-35(4,32)33)19(14(2)21(30)23(25,26)27)15-6-8-16(24)9-7-15/h6-9,12H,5,10-11,13H2,1-4H3. The number of carbonyl (C=O) groups excluding carboxylic acids is 1. The molecule has 3 rings (SSSR count). The van der Waals surface area contributed by atoms with Crippen LogP contribution in [0.1, 0.15) is 40.1 Å². The zero-order valence-corrected chi connectivity index (χ0v) is 21.2. The van der Waals surface area contributed by atoms with Crippen molar-refractivity contribution in [2.75, 3.05) is 25.6 Å². The first-order valence-corrected chi connectivity index (χ1v) is 13.1. The first-order chi connectivity index (χ1) is 16.2. The molecule has 35 heavy (non-hydrogen) atoms. The van der Waals surface area contributed by atoms with E-state index >= 15 is 0 Å². The maximum Gasteiger partial charge on any atom is 0.431 e. The number of hydrogen-bond acceptors (Lipinski definition) is 5. The molecule has 7 nitrogen and oxygen atoms in total. The highest BCUT2D eigenvalue weighted by atomic mass is 35.5. The van der Waals surface area contributed by atoms with Gasteiger partial charge in [-0.3, -0.25) is 4.79 Å². The average molecular weight is 532 g/mol. The van der Waals surface area contributed by atoms with Gasteiger partial charge in [-0.2, -0.15) is 13.2 Å². The molecule has 0 bridgehead atoms. The Bertz CT molecular complexity index is 1330. The number of halogens is 4. The second-order valence-electron chi connectivity index (χ2n) is 8.28. The minimum Gasteiger partial charge on any atom is -0.359 e. The van der Waals surface area contributed by atoms with E-state index in [-0.39, 0.29) is 34.9 Å². The summed E-state index contributed by atoms with van der Waals surface area (Å²) in [7, 11) is -2.06. The molecule has 12 heteroatoms. The Labute approximate surface area is 206 Å². The smallest absolute Gasteiger partial charge is 0.359 e. The molecule has 0 fully saturated rings. The molecule has 0 atom stereocenters. The Morgan fingerprint density at radius 1 is 1.23 bits per heavy atom. The van der Waals surface area contributed by atoms with Gasteiger partial charge in [-0.1, -0.05) is 35.8 Å². The van der Waals surface area contributed by atoms with Crippen molar-refractivity contribution < 1.29 is 30.9 Å². The fourth-order valence-corrected chi connectivity index (χ4v) is 4.53. The van der Waals surface area contributed by atoms with Gasteiger partial charge < -0.3 is 14.0 Å². The summed E-state index contributed by atoms with van der Waals surface area (Å²) < 4.78 is 72.3. The molecule has 0 N–H and O–H groups in total. The van der Waals surface area contributed by atoms with Gasteiger partial charge in [0.2, 0.25) is 0 Å². The van der Waals surface area contributed by atoms with Gasteiger partial charge in [0.1, 0.15) is 21.2 Å². The van der Waals surface area contributed by atoms with Gasteiger partial charge in [0, 0.05) is 36.5 Å². The maximum absolute atomic E-state index is 14.3. The van der Waals surface area contributed by atoms with E-state index in [4.69, 9.17) is 16.1 Å². The Morgan fingerprint density at radius 2 is 1.86 bits per heavy atom. The lowest BCUT2D eigenvalue weighted by atomic mass is 10.0. The van der Waals surface area contributed by atoms with Crippen molar-refractivity contribution >= 4 is 27.3 Å². The molecule has 2 heterocycles. The topological polar surface area (TPSA) is 85.4 Å². The number of amides is 1. The summed E-state index contributed by atoms with van der Waals surface area (Å²) in [5.74, 6) is -0.940. The van der Waals surface area contributed by atoms with Crippen LogP contribution in [0, 0.1) is 6.92 Å². The molecule has 0 spiro atoms. The van der Waals surface area contributed by atoms with Crippen LogP contribution in [-0.2, 0) is 29.0 Å². The second kappa shape index (κ2) is 10.1. The summed E-state index contributed by atoms with van der Waals surface area (Å²) in [5, 5.41) is 4.22. The van der Waals surface area contributed by atoms with Crippen LogP contribution in [0.15, 0.2) is 34.9 Å². The van der Waals surface area contributed by atoms with E-state index in [1.165, 1.54) is 38.2 Å². The Hall–Kier alpha value is -2.79. The van der Waals surface area contributed by atoms with E-state index in [0.29, 0.717) is 22.7 Å². The number of aromatic nitrogens is 2. The summed E-state index contributed by atoms with van der Waals surface area (Å²) in [6.07, 6.45) is -3.24. The Balaban J connectivity index is 2.26. The largest absolute Gasteiger partial charge is 0.431 e. The van der Waals surface area contributed by atoms with Crippen LogP contribution >= 0.6 is 11.6 Å². The lowest BCUT2D eigenvalue weighted by Gasteiger charge is -2.20. The monoisotopic (exact) mass is 531 g/mol. The van der Waals surface area contributed by atoms with E-state index < -0.39 is 34.2 Å². The third-order valence-electron chi connectivity index (χ3n) is 5.54. The molecule has 0 aliphatic heterocycles. The predicted molar refractivity (Wildman–Crippen MR) is 126 cm³/mol. The summed E-state index contributed by atoms with van der Waals surface area (Å²) in [6.45, 7) is 2.55. The van der Waals surface area contributed by atoms with Gasteiger partial charge in [0.15, 0.2) is 5.76 Å². The number of rotatable bonds is 8. The molecule has 3 aromatic rings. The molecule has 0 unspecified atom stereocenters. The van der Waals surface area contributed by atoms with E-state index in [9.17, 15) is 26.4 Å². The highest BCUT2D eigenvalue weighted by molar-refractivity contribution is 7.90. The van der Waals surface area contributed by atoms with Crippen molar-refractivity contribution in [2.45, 2.75) is 33.0 Å². The van der Waals surface area contributed by atoms with Crippen LogP contribution in [0.2, 0.25) is 5.02 Å². The molecule has 0 radical (unpaired) electrons. The highest BCUT2D eigenvalue weighted by Crippen LogP contribution is 2.42. The fourth-order valence-electron chi connectivity index (χ4n) is 3.80. The molecule has 0 saturated heterocycles. The highest BCUT2D eigenvalue weighted by Gasteiger charge is 2.41. The molecule has 190 valence electrons. The zero-order chi connectivity index (χ0) is 26.1. The molecule has 0 saturated carbocycles. The summed E-state index contributed by atoms with van der Waals surface area (Å²) in [4.78, 5) is 14.7. The van der Waals surface area contributed by atoms with Gasteiger partial charge in [0.05, 0.1) is 18.0 Å². The lowest BCUT2D eigenvalue weighted by Crippen LogP contribution is -2.33. The minimum atomic E-state index is -4.79. The molecular weight excluding hydrogens is 507 g/mol. The second-order valence-corrected chi connectivity index (χ2v) is 11.0. The minimum absolute atomic E-state index is 0.0837. The van der Waals surface area contributed by atoms with Gasteiger partial charge in [0.25, 0.3) is 5.91 Å². The third-order valence-corrected chi connectivity index (χ3v) is 6.72. The van der Waals surface area contributed by atoms with E-state index in [1.807, 2.05) is 6.92 Å². The van der Waals surface area contributed by atoms with E-state index in [0.717, 1.165) is 15.7 Å². The molecule has 1 amide bonds. The van der Waals surface area contributed by atoms with Crippen molar-refractivity contribution in [2.24, 2.45) is 0 Å². The van der Waals surface area contributed by atoms with Crippen molar-refractivity contribution in [3.8, 4) is 11.1 Å². The zero-order valence-electron chi connectivity index (χ0n) is 19.6. The number of aryl methyl sites for hydroxylation is 1. The van der Waals surface area contributed by atoms with E-state index in [2.05, 4.69) is 5.16 Å². The third kappa shape index (κ3) is 6.07. The van der Waals surface area contributed by atoms with Crippen LogP contribution in [0.25, 0.3) is 11.1 Å². The molecule has 2 aromatic heterocycles. The number of carbonyl (C=O) groups is 1. The lowest BCUT2D eigenvalue weighted by molar-refractivity contribution is -0.143. The summed E-state index contributed by atoms with van der Waals surface area (Å²) >= 11 is 5.97. The maximum atomic E-state index is 14.3. The van der Waals surface area contributed by atoms with Crippen LogP contribution in [0.4, 0.5) is 13.2 Å². The van der Waals surface area contributed by atoms with Crippen LogP contribution in [0.5, 0.6) is 0 Å². The number of nitrogens with zero attached hydrogens (tertiary/aromatic N) is 3. The van der Waals surface area contributed by atoms with Crippen LogP contribution in [0.3, 0.4) is 0 Å². The van der Waals surface area contributed by atoms with Gasteiger partial charge in [-0.05, 0) is 36.6 Å². The van der Waals surface area contributed by atoms with Gasteiger partial charge >= 0.3 is 6.18 Å². The van der Waals surface area contributed by atoms with Crippen molar-refractivity contribution in [3.63, 3.8) is 0 Å². The Kier molecular flexibility index (Phi) is 7.71. The first kappa shape index (κ1) is 26.8. The number of alkyl halides is 3. The summed E-state index contributed by atoms with van der Waals surface area (Å²) in [6, 6.07) is 7.65. The molecule has 0 aliphatic carbocycles. The van der Waals surface area contributed by atoms with E-state index in [1.54, 1.807) is 6.07 Å². The first-order valence-electron chi connectivity index (χ1n) is 10.7. The Morgan fingerprint density at radius 3 is 2.37 bits per heavy atom. The number of benzene rings is 1. The fraction of sp³-hybridized carbons (Fsp3) is 0.391. The SMILES string of the molecule is CCc1cc(Cn2c(C(=O)N(C)CCS(C)(=O)=O)c(-c3ccc(Cl)cc3)c(C)c2C(F)(F)F)on1. The number of hydrogen-bond donors (Lipinski definition) is 0.